The van der Waals surface area contributed by atoms with Gasteiger partial charge in [-0.15, -0.1) is 0 Å². The van der Waals surface area contributed by atoms with Crippen LogP contribution >= 0.6 is 11.6 Å². The van der Waals surface area contributed by atoms with E-state index < -0.39 is 0 Å². The van der Waals surface area contributed by atoms with Crippen molar-refractivity contribution in [3.63, 3.8) is 0 Å². The van der Waals surface area contributed by atoms with Gasteiger partial charge in [0, 0.05) is 48.2 Å². The second-order valence-electron chi connectivity index (χ2n) is 7.86. The van der Waals surface area contributed by atoms with Crippen LogP contribution in [0.3, 0.4) is 0 Å². The smallest absolute Gasteiger partial charge is 0.254 e. The van der Waals surface area contributed by atoms with E-state index in [-0.39, 0.29) is 5.91 Å². The van der Waals surface area contributed by atoms with Gasteiger partial charge >= 0.3 is 0 Å². The molecule has 2 aromatic rings. The van der Waals surface area contributed by atoms with E-state index in [2.05, 4.69) is 17.1 Å². The zero-order valence-electron chi connectivity index (χ0n) is 16.7. The monoisotopic (exact) mass is 407 g/mol. The van der Waals surface area contributed by atoms with Gasteiger partial charge in [-0.1, -0.05) is 48.7 Å². The lowest BCUT2D eigenvalue weighted by molar-refractivity contribution is 0.0707. The number of fused-ring (bicyclic) bond motifs is 1. The third-order valence-corrected chi connectivity index (χ3v) is 6.35. The number of hydrogen-bond acceptors (Lipinski definition) is 3. The van der Waals surface area contributed by atoms with Crippen LogP contribution in [0.15, 0.2) is 47.6 Å². The highest BCUT2D eigenvalue weighted by Crippen LogP contribution is 2.34. The van der Waals surface area contributed by atoms with Gasteiger partial charge in [0.25, 0.3) is 5.91 Å². The van der Waals surface area contributed by atoms with Crippen LogP contribution in [0.25, 0.3) is 5.57 Å². The van der Waals surface area contributed by atoms with Crippen molar-refractivity contribution in [3.8, 4) is 0 Å². The summed E-state index contributed by atoms with van der Waals surface area (Å²) in [5, 5.41) is 0.731. The maximum absolute atomic E-state index is 13.0. The van der Waals surface area contributed by atoms with E-state index in [4.69, 9.17) is 17.3 Å². The molecule has 2 N–H and O–H groups in total. The molecule has 4 nitrogen and oxygen atoms in total. The van der Waals surface area contributed by atoms with Crippen molar-refractivity contribution in [2.24, 2.45) is 10.7 Å². The number of nitrogens with two attached hydrogens (primary N) is 1. The minimum Gasteiger partial charge on any atom is -0.404 e. The molecule has 2 aromatic carbocycles. The van der Waals surface area contributed by atoms with Gasteiger partial charge in [-0.2, -0.15) is 0 Å². The molecule has 0 aromatic heterocycles. The van der Waals surface area contributed by atoms with E-state index in [0.29, 0.717) is 19.0 Å². The molecule has 1 heterocycles. The SMILES string of the molecule is CN=CC(=CN)c1ccc(Cc2cc3c(cc2Cl)CN(C2CCCC2)C3=O)cc1. The van der Waals surface area contributed by atoms with Crippen LogP contribution in [0, 0.1) is 0 Å². The summed E-state index contributed by atoms with van der Waals surface area (Å²) in [5.41, 5.74) is 11.6. The number of benzene rings is 2. The number of amides is 1. The minimum absolute atomic E-state index is 0.164. The first-order chi connectivity index (χ1) is 14.1. The van der Waals surface area contributed by atoms with E-state index in [0.717, 1.165) is 51.3 Å². The van der Waals surface area contributed by atoms with Crippen molar-refractivity contribution in [2.45, 2.75) is 44.7 Å². The Balaban J connectivity index is 1.54. The van der Waals surface area contributed by atoms with Gasteiger partial charge in [0.05, 0.1) is 0 Å². The number of aliphatic imine (C=N–C) groups is 1. The van der Waals surface area contributed by atoms with Crippen LogP contribution in [-0.4, -0.2) is 30.1 Å². The number of allylic oxidation sites excluding steroid dienone is 1. The summed E-state index contributed by atoms with van der Waals surface area (Å²) in [6.07, 6.45) is 8.67. The van der Waals surface area contributed by atoms with Gasteiger partial charge in [0.15, 0.2) is 0 Å². The fraction of sp³-hybridized carbons (Fsp3) is 0.333. The molecule has 29 heavy (non-hydrogen) atoms. The third-order valence-electron chi connectivity index (χ3n) is 6.00. The molecule has 4 rings (SSSR count). The van der Waals surface area contributed by atoms with Crippen LogP contribution in [0.5, 0.6) is 0 Å². The lowest BCUT2D eigenvalue weighted by Gasteiger charge is -2.23. The summed E-state index contributed by atoms with van der Waals surface area (Å²) in [5.74, 6) is 0.164. The zero-order chi connectivity index (χ0) is 20.4. The van der Waals surface area contributed by atoms with Gasteiger partial charge in [0.2, 0.25) is 0 Å². The van der Waals surface area contributed by atoms with Crippen molar-refractivity contribution in [1.82, 2.24) is 4.90 Å². The molecule has 0 unspecified atom stereocenters. The Bertz CT molecular complexity index is 972. The Kier molecular flexibility index (Phi) is 5.72. The Hall–Kier alpha value is -2.59. The quantitative estimate of drug-likeness (QED) is 0.721. The minimum atomic E-state index is 0.164. The molecule has 150 valence electrons. The number of rotatable bonds is 5. The first kappa shape index (κ1) is 19.7. The molecule has 1 aliphatic heterocycles. The molecular weight excluding hydrogens is 382 g/mol. The molecule has 0 saturated heterocycles. The molecule has 0 bridgehead atoms. The Labute approximate surface area is 177 Å². The lowest BCUT2D eigenvalue weighted by Crippen LogP contribution is -2.33. The second kappa shape index (κ2) is 8.42. The van der Waals surface area contributed by atoms with Crippen molar-refractivity contribution in [3.05, 3.63) is 75.4 Å². The predicted octanol–water partition coefficient (Wildman–Crippen LogP) is 4.83. The summed E-state index contributed by atoms with van der Waals surface area (Å²) in [7, 11) is 1.73. The van der Waals surface area contributed by atoms with E-state index in [1.165, 1.54) is 12.8 Å². The average molecular weight is 408 g/mol. The molecule has 1 amide bonds. The van der Waals surface area contributed by atoms with Crippen molar-refractivity contribution in [1.29, 1.82) is 0 Å². The Morgan fingerprint density at radius 3 is 2.62 bits per heavy atom. The first-order valence-corrected chi connectivity index (χ1v) is 10.5. The highest BCUT2D eigenvalue weighted by molar-refractivity contribution is 6.31. The summed E-state index contributed by atoms with van der Waals surface area (Å²) in [4.78, 5) is 19.0. The summed E-state index contributed by atoms with van der Waals surface area (Å²) in [6.45, 7) is 0.695. The first-order valence-electron chi connectivity index (χ1n) is 10.2. The maximum Gasteiger partial charge on any atom is 0.254 e. The van der Waals surface area contributed by atoms with Crippen molar-refractivity contribution < 1.29 is 4.79 Å². The molecule has 0 spiro atoms. The highest BCUT2D eigenvalue weighted by atomic mass is 35.5. The molecule has 5 heteroatoms. The van der Waals surface area contributed by atoms with Gasteiger partial charge in [0.1, 0.15) is 0 Å². The normalized spacial score (nSPS) is 17.5. The van der Waals surface area contributed by atoms with Gasteiger partial charge < -0.3 is 10.6 Å². The molecule has 2 aliphatic rings. The van der Waals surface area contributed by atoms with Crippen LogP contribution in [-0.2, 0) is 13.0 Å². The average Bonchev–Trinajstić information content (AvgIpc) is 3.36. The van der Waals surface area contributed by atoms with Crippen molar-refractivity contribution >= 4 is 29.3 Å². The second-order valence-corrected chi connectivity index (χ2v) is 8.26. The number of nitrogens with zero attached hydrogens (tertiary/aromatic N) is 2. The van der Waals surface area contributed by atoms with Crippen molar-refractivity contribution in [2.75, 3.05) is 7.05 Å². The fourth-order valence-electron chi connectivity index (χ4n) is 4.43. The van der Waals surface area contributed by atoms with E-state index in [1.54, 1.807) is 19.5 Å². The van der Waals surface area contributed by atoms with E-state index >= 15 is 0 Å². The predicted molar refractivity (Wildman–Crippen MR) is 119 cm³/mol. The van der Waals surface area contributed by atoms with E-state index in [1.807, 2.05) is 29.2 Å². The van der Waals surface area contributed by atoms with Crippen LogP contribution in [0.1, 0.15) is 58.3 Å². The summed E-state index contributed by atoms with van der Waals surface area (Å²) >= 11 is 6.59. The van der Waals surface area contributed by atoms with Crippen LogP contribution in [0.4, 0.5) is 0 Å². The fourth-order valence-corrected chi connectivity index (χ4v) is 4.69. The van der Waals surface area contributed by atoms with E-state index in [9.17, 15) is 4.79 Å². The molecule has 1 fully saturated rings. The van der Waals surface area contributed by atoms with Crippen LogP contribution < -0.4 is 5.73 Å². The number of carbonyl (C=O) groups excluding carboxylic acids is 1. The van der Waals surface area contributed by atoms with Crippen LogP contribution in [0.2, 0.25) is 5.02 Å². The Morgan fingerprint density at radius 1 is 1.24 bits per heavy atom. The summed E-state index contributed by atoms with van der Waals surface area (Å²) in [6, 6.07) is 12.6. The highest BCUT2D eigenvalue weighted by Gasteiger charge is 2.34. The van der Waals surface area contributed by atoms with Gasteiger partial charge in [-0.3, -0.25) is 9.79 Å². The van der Waals surface area contributed by atoms with Gasteiger partial charge in [-0.25, -0.2) is 0 Å². The molecule has 0 radical (unpaired) electrons. The number of hydrogen-bond donors (Lipinski definition) is 1. The van der Waals surface area contributed by atoms with Gasteiger partial charge in [-0.05, 0) is 53.6 Å². The number of carbonyl (C=O) groups is 1. The summed E-state index contributed by atoms with van der Waals surface area (Å²) < 4.78 is 0. The molecule has 1 saturated carbocycles. The lowest BCUT2D eigenvalue weighted by atomic mass is 9.98. The standard InChI is InChI=1S/C24H26ClN3O/c1-27-14-20(13-26)17-8-6-16(7-9-17)10-18-11-22-19(12-23(18)25)15-28(24(22)29)21-4-2-3-5-21/h6-9,11-14,21H,2-5,10,15,26H2,1H3. The number of halogens is 1. The molecular formula is C24H26ClN3O. The molecule has 0 atom stereocenters. The Morgan fingerprint density at radius 2 is 1.97 bits per heavy atom. The largest absolute Gasteiger partial charge is 0.404 e. The zero-order valence-corrected chi connectivity index (χ0v) is 17.5. The third kappa shape index (κ3) is 3.95. The maximum atomic E-state index is 13.0. The topological polar surface area (TPSA) is 58.7 Å². The molecule has 1 aliphatic carbocycles.